The maximum Gasteiger partial charge on any atom is 0.239 e. The van der Waals surface area contributed by atoms with E-state index in [4.69, 9.17) is 4.74 Å². The monoisotopic (exact) mass is 214 g/mol. The molecule has 4 nitrogen and oxygen atoms in total. The molecule has 15 heavy (non-hydrogen) atoms. The first kappa shape index (κ1) is 12.5. The van der Waals surface area contributed by atoms with Crippen LogP contribution in [0.1, 0.15) is 26.2 Å². The molecule has 0 spiro atoms. The molecule has 1 N–H and O–H groups in total. The summed E-state index contributed by atoms with van der Waals surface area (Å²) in [6, 6.07) is -0.112. The van der Waals surface area contributed by atoms with Crippen molar-refractivity contribution in [2.75, 3.05) is 27.2 Å². The van der Waals surface area contributed by atoms with E-state index in [1.54, 1.807) is 11.9 Å². The Morgan fingerprint density at radius 1 is 1.60 bits per heavy atom. The largest absolute Gasteiger partial charge is 0.376 e. The quantitative estimate of drug-likeness (QED) is 0.746. The molecule has 1 aliphatic rings. The van der Waals surface area contributed by atoms with Gasteiger partial charge in [-0.05, 0) is 33.2 Å². The second-order valence-electron chi connectivity index (χ2n) is 4.22. The van der Waals surface area contributed by atoms with Crippen LogP contribution in [0.2, 0.25) is 0 Å². The van der Waals surface area contributed by atoms with Gasteiger partial charge in [-0.1, -0.05) is 0 Å². The molecule has 0 bridgehead atoms. The van der Waals surface area contributed by atoms with Crippen LogP contribution in [0.4, 0.5) is 0 Å². The van der Waals surface area contributed by atoms with Crippen LogP contribution in [0.25, 0.3) is 0 Å². The molecule has 0 radical (unpaired) electrons. The van der Waals surface area contributed by atoms with E-state index in [1.807, 2.05) is 14.0 Å². The molecule has 0 aromatic rings. The lowest BCUT2D eigenvalue weighted by Crippen LogP contribution is -2.45. The maximum absolute atomic E-state index is 11.8. The normalized spacial score (nSPS) is 23.5. The number of carbonyl (C=O) groups is 1. The summed E-state index contributed by atoms with van der Waals surface area (Å²) in [5.74, 6) is 0.131. The van der Waals surface area contributed by atoms with Crippen molar-refractivity contribution in [3.63, 3.8) is 0 Å². The number of ether oxygens (including phenoxy) is 1. The number of rotatable bonds is 4. The highest BCUT2D eigenvalue weighted by atomic mass is 16.5. The summed E-state index contributed by atoms with van der Waals surface area (Å²) in [7, 11) is 3.64. The number of carbonyl (C=O) groups excluding carboxylic acids is 1. The van der Waals surface area contributed by atoms with Crippen molar-refractivity contribution >= 4 is 5.91 Å². The summed E-state index contributed by atoms with van der Waals surface area (Å²) in [5, 5.41) is 2.95. The van der Waals surface area contributed by atoms with Gasteiger partial charge in [-0.3, -0.25) is 4.79 Å². The van der Waals surface area contributed by atoms with Gasteiger partial charge in [0.25, 0.3) is 0 Å². The van der Waals surface area contributed by atoms with E-state index in [-0.39, 0.29) is 18.1 Å². The van der Waals surface area contributed by atoms with Crippen molar-refractivity contribution in [1.82, 2.24) is 10.2 Å². The van der Waals surface area contributed by atoms with Gasteiger partial charge in [-0.25, -0.2) is 0 Å². The van der Waals surface area contributed by atoms with Crippen molar-refractivity contribution in [1.29, 1.82) is 0 Å². The number of likely N-dealkylation sites (N-methyl/N-ethyl adjacent to an activating group) is 2. The summed E-state index contributed by atoms with van der Waals surface area (Å²) in [4.78, 5) is 13.5. The lowest BCUT2D eigenvalue weighted by Gasteiger charge is -2.28. The number of nitrogens with one attached hydrogen (secondary N) is 1. The fraction of sp³-hybridized carbons (Fsp3) is 0.909. The molecule has 88 valence electrons. The molecule has 0 aliphatic carbocycles. The van der Waals surface area contributed by atoms with E-state index in [1.165, 1.54) is 6.42 Å². The Balaban J connectivity index is 2.33. The molecule has 1 amide bonds. The van der Waals surface area contributed by atoms with Crippen LogP contribution < -0.4 is 5.32 Å². The van der Waals surface area contributed by atoms with Crippen LogP contribution in [-0.4, -0.2) is 50.2 Å². The summed E-state index contributed by atoms with van der Waals surface area (Å²) in [5.41, 5.74) is 0. The third-order valence-electron chi connectivity index (χ3n) is 2.93. The topological polar surface area (TPSA) is 41.6 Å². The molecular formula is C11H22N2O2. The van der Waals surface area contributed by atoms with Crippen LogP contribution in [0, 0.1) is 0 Å². The summed E-state index contributed by atoms with van der Waals surface area (Å²) < 4.78 is 5.60. The molecule has 1 rings (SSSR count). The third-order valence-corrected chi connectivity index (χ3v) is 2.93. The fourth-order valence-corrected chi connectivity index (χ4v) is 1.80. The first-order chi connectivity index (χ1) is 7.15. The second-order valence-corrected chi connectivity index (χ2v) is 4.22. The van der Waals surface area contributed by atoms with Crippen LogP contribution in [0.5, 0.6) is 0 Å². The first-order valence-electron chi connectivity index (χ1n) is 5.69. The Bertz CT molecular complexity index is 203. The predicted octanol–water partition coefficient (Wildman–Crippen LogP) is 0.622. The molecule has 2 atom stereocenters. The smallest absolute Gasteiger partial charge is 0.239 e. The Kier molecular flexibility index (Phi) is 5.05. The highest BCUT2D eigenvalue weighted by Gasteiger charge is 2.21. The summed E-state index contributed by atoms with van der Waals surface area (Å²) in [6.45, 7) is 3.43. The van der Waals surface area contributed by atoms with Crippen molar-refractivity contribution in [2.45, 2.75) is 38.3 Å². The molecule has 4 heteroatoms. The molecule has 0 saturated carbocycles. The molecule has 1 aliphatic heterocycles. The van der Waals surface area contributed by atoms with Crippen LogP contribution >= 0.6 is 0 Å². The zero-order valence-corrected chi connectivity index (χ0v) is 9.95. The Hall–Kier alpha value is -0.610. The van der Waals surface area contributed by atoms with E-state index in [9.17, 15) is 4.79 Å². The van der Waals surface area contributed by atoms with E-state index in [0.717, 1.165) is 19.4 Å². The van der Waals surface area contributed by atoms with Gasteiger partial charge in [-0.2, -0.15) is 0 Å². The molecular weight excluding hydrogens is 192 g/mol. The SMILES string of the molecule is CNC(C)C(=O)N(C)CC1CCCCO1. The summed E-state index contributed by atoms with van der Waals surface area (Å²) in [6.07, 6.45) is 3.68. The average molecular weight is 214 g/mol. The zero-order valence-electron chi connectivity index (χ0n) is 9.95. The van der Waals surface area contributed by atoms with Gasteiger partial charge in [0.15, 0.2) is 0 Å². The number of nitrogens with zero attached hydrogens (tertiary/aromatic N) is 1. The van der Waals surface area contributed by atoms with Crippen LogP contribution in [0.3, 0.4) is 0 Å². The average Bonchev–Trinajstić information content (AvgIpc) is 2.28. The van der Waals surface area contributed by atoms with E-state index < -0.39 is 0 Å². The highest BCUT2D eigenvalue weighted by molar-refractivity contribution is 5.81. The molecule has 1 saturated heterocycles. The van der Waals surface area contributed by atoms with Crippen molar-refractivity contribution in [3.8, 4) is 0 Å². The lowest BCUT2D eigenvalue weighted by molar-refractivity contribution is -0.134. The Morgan fingerprint density at radius 3 is 2.87 bits per heavy atom. The molecule has 0 aromatic heterocycles. The van der Waals surface area contributed by atoms with E-state index in [2.05, 4.69) is 5.32 Å². The van der Waals surface area contributed by atoms with Crippen LogP contribution in [-0.2, 0) is 9.53 Å². The highest BCUT2D eigenvalue weighted by Crippen LogP contribution is 2.13. The van der Waals surface area contributed by atoms with E-state index >= 15 is 0 Å². The van der Waals surface area contributed by atoms with Crippen molar-refractivity contribution < 1.29 is 9.53 Å². The summed E-state index contributed by atoms with van der Waals surface area (Å²) >= 11 is 0. The third kappa shape index (κ3) is 3.80. The van der Waals surface area contributed by atoms with Crippen molar-refractivity contribution in [3.05, 3.63) is 0 Å². The minimum Gasteiger partial charge on any atom is -0.376 e. The Labute approximate surface area is 92.0 Å². The molecule has 0 aromatic carbocycles. The number of amides is 1. The zero-order chi connectivity index (χ0) is 11.3. The van der Waals surface area contributed by atoms with Gasteiger partial charge >= 0.3 is 0 Å². The van der Waals surface area contributed by atoms with Gasteiger partial charge < -0.3 is 15.0 Å². The van der Waals surface area contributed by atoms with Gasteiger partial charge in [0.2, 0.25) is 5.91 Å². The van der Waals surface area contributed by atoms with E-state index in [0.29, 0.717) is 6.54 Å². The number of hydrogen-bond donors (Lipinski definition) is 1. The van der Waals surface area contributed by atoms with Crippen molar-refractivity contribution in [2.24, 2.45) is 0 Å². The van der Waals surface area contributed by atoms with Gasteiger partial charge in [0.05, 0.1) is 12.1 Å². The fourth-order valence-electron chi connectivity index (χ4n) is 1.80. The molecule has 2 unspecified atom stereocenters. The maximum atomic E-state index is 11.8. The molecule has 1 fully saturated rings. The first-order valence-corrected chi connectivity index (χ1v) is 5.69. The standard InChI is InChI=1S/C11H22N2O2/c1-9(12-2)11(14)13(3)8-10-6-4-5-7-15-10/h9-10,12H,4-8H2,1-3H3. The van der Waals surface area contributed by atoms with Crippen LogP contribution in [0.15, 0.2) is 0 Å². The number of hydrogen-bond acceptors (Lipinski definition) is 3. The van der Waals surface area contributed by atoms with Gasteiger partial charge in [-0.15, -0.1) is 0 Å². The Morgan fingerprint density at radius 2 is 2.33 bits per heavy atom. The van der Waals surface area contributed by atoms with Gasteiger partial charge in [0.1, 0.15) is 0 Å². The minimum atomic E-state index is -0.112. The predicted molar refractivity (Wildman–Crippen MR) is 59.7 cm³/mol. The minimum absolute atomic E-state index is 0.112. The lowest BCUT2D eigenvalue weighted by atomic mass is 10.1. The second kappa shape index (κ2) is 6.08. The molecule has 1 heterocycles. The van der Waals surface area contributed by atoms with Gasteiger partial charge in [0, 0.05) is 20.2 Å².